The van der Waals surface area contributed by atoms with Gasteiger partial charge in [-0.3, -0.25) is 18.6 Å². The molecule has 0 atom stereocenters. The molecule has 1 heterocycles. The van der Waals surface area contributed by atoms with E-state index in [4.69, 9.17) is 4.74 Å². The largest absolute Gasteiger partial charge is 0.455 e. The van der Waals surface area contributed by atoms with E-state index in [1.54, 1.807) is 91.4 Å². The molecule has 0 saturated heterocycles. The molecule has 4 aromatic rings. The van der Waals surface area contributed by atoms with E-state index >= 15 is 0 Å². The zero-order valence-corrected chi connectivity index (χ0v) is 20.9. The summed E-state index contributed by atoms with van der Waals surface area (Å²) in [6.45, 7) is 1.15. The number of carbonyl (C=O) groups excluding carboxylic acids is 1. The molecule has 0 bridgehead atoms. The predicted molar refractivity (Wildman–Crippen MR) is 140 cm³/mol. The van der Waals surface area contributed by atoms with Crippen molar-refractivity contribution in [3.05, 3.63) is 101 Å². The highest BCUT2D eigenvalue weighted by molar-refractivity contribution is 7.92. The minimum atomic E-state index is -3.88. The maximum atomic E-state index is 13.1. The Hall–Kier alpha value is -4.31. The number of para-hydroxylation sites is 4. The second-order valence-corrected chi connectivity index (χ2v) is 10.0. The summed E-state index contributed by atoms with van der Waals surface area (Å²) >= 11 is 0. The number of hydrogen-bond donors (Lipinski definition) is 1. The standard InChI is InChI=1S/C26H26N4O5S/c1-19-25(26(32)30(28(19)2)20-12-6-4-7-13-20)27-24(31)18-29(36(3,33)34)22-16-10-11-17-23(22)35-21-14-8-5-9-15-21/h4-17H,18H2,1-3H3,(H,27,31). The third kappa shape index (κ3) is 5.18. The van der Waals surface area contributed by atoms with E-state index in [-0.39, 0.29) is 17.1 Å². The van der Waals surface area contributed by atoms with Gasteiger partial charge in [-0.2, -0.15) is 0 Å². The molecule has 1 aromatic heterocycles. The first kappa shape index (κ1) is 24.8. The Morgan fingerprint density at radius 2 is 1.53 bits per heavy atom. The molecule has 0 aliphatic heterocycles. The lowest BCUT2D eigenvalue weighted by Crippen LogP contribution is -2.38. The van der Waals surface area contributed by atoms with Crippen LogP contribution in [0.1, 0.15) is 5.69 Å². The van der Waals surface area contributed by atoms with Gasteiger partial charge in [-0.05, 0) is 43.3 Å². The zero-order valence-electron chi connectivity index (χ0n) is 20.1. The van der Waals surface area contributed by atoms with Gasteiger partial charge >= 0.3 is 0 Å². The highest BCUT2D eigenvalue weighted by Gasteiger charge is 2.26. The Bertz CT molecular complexity index is 1540. The van der Waals surface area contributed by atoms with Crippen molar-refractivity contribution < 1.29 is 17.9 Å². The minimum absolute atomic E-state index is 0.0774. The SMILES string of the molecule is Cc1c(NC(=O)CN(c2ccccc2Oc2ccccc2)S(C)(=O)=O)c(=O)n(-c2ccccc2)n1C. The summed E-state index contributed by atoms with van der Waals surface area (Å²) in [4.78, 5) is 26.2. The maximum Gasteiger partial charge on any atom is 0.295 e. The summed E-state index contributed by atoms with van der Waals surface area (Å²) in [5, 5.41) is 2.61. The van der Waals surface area contributed by atoms with Crippen LogP contribution in [0.25, 0.3) is 5.69 Å². The molecular weight excluding hydrogens is 480 g/mol. The Balaban J connectivity index is 1.64. The first-order valence-corrected chi connectivity index (χ1v) is 12.9. The van der Waals surface area contributed by atoms with Gasteiger partial charge < -0.3 is 10.1 Å². The normalized spacial score (nSPS) is 11.2. The second kappa shape index (κ2) is 10.1. The third-order valence-electron chi connectivity index (χ3n) is 5.61. The fourth-order valence-electron chi connectivity index (χ4n) is 3.77. The second-order valence-electron chi connectivity index (χ2n) is 8.14. The van der Waals surface area contributed by atoms with Crippen LogP contribution in [-0.4, -0.2) is 36.5 Å². The van der Waals surface area contributed by atoms with E-state index in [0.717, 1.165) is 10.6 Å². The van der Waals surface area contributed by atoms with Gasteiger partial charge in [0.15, 0.2) is 5.75 Å². The van der Waals surface area contributed by atoms with Gasteiger partial charge in [-0.25, -0.2) is 13.1 Å². The number of nitrogens with one attached hydrogen (secondary N) is 1. The summed E-state index contributed by atoms with van der Waals surface area (Å²) in [7, 11) is -2.17. The fourth-order valence-corrected chi connectivity index (χ4v) is 4.63. The van der Waals surface area contributed by atoms with Gasteiger partial charge in [-0.1, -0.05) is 48.5 Å². The molecule has 9 nitrogen and oxygen atoms in total. The third-order valence-corrected chi connectivity index (χ3v) is 6.74. The number of benzene rings is 3. The maximum absolute atomic E-state index is 13.1. The number of carbonyl (C=O) groups is 1. The molecule has 0 saturated carbocycles. The Labute approximate surface area is 209 Å². The molecule has 0 unspecified atom stereocenters. The number of hydrogen-bond acceptors (Lipinski definition) is 5. The summed E-state index contributed by atoms with van der Waals surface area (Å²) < 4.78 is 35.4. The quantitative estimate of drug-likeness (QED) is 0.393. The minimum Gasteiger partial charge on any atom is -0.455 e. The molecule has 0 fully saturated rings. The summed E-state index contributed by atoms with van der Waals surface area (Å²) in [6, 6.07) is 24.5. The molecule has 10 heteroatoms. The summed E-state index contributed by atoms with van der Waals surface area (Å²) in [5.74, 6) is 0.120. The van der Waals surface area contributed by atoms with E-state index in [2.05, 4.69) is 5.32 Å². The number of nitrogens with zero attached hydrogens (tertiary/aromatic N) is 3. The van der Waals surface area contributed by atoms with Crippen molar-refractivity contribution in [2.45, 2.75) is 6.92 Å². The van der Waals surface area contributed by atoms with Crippen LogP contribution in [0.5, 0.6) is 11.5 Å². The molecule has 0 aliphatic rings. The lowest BCUT2D eigenvalue weighted by Gasteiger charge is -2.24. The van der Waals surface area contributed by atoms with Crippen LogP contribution in [0.3, 0.4) is 0 Å². The van der Waals surface area contributed by atoms with Crippen LogP contribution >= 0.6 is 0 Å². The predicted octanol–water partition coefficient (Wildman–Crippen LogP) is 3.68. The van der Waals surface area contributed by atoms with Gasteiger partial charge in [-0.15, -0.1) is 0 Å². The molecule has 3 aromatic carbocycles. The molecule has 4 rings (SSSR count). The van der Waals surface area contributed by atoms with Crippen molar-refractivity contribution in [3.8, 4) is 17.2 Å². The monoisotopic (exact) mass is 506 g/mol. The molecule has 36 heavy (non-hydrogen) atoms. The van der Waals surface area contributed by atoms with Crippen LogP contribution in [0, 0.1) is 6.92 Å². The van der Waals surface area contributed by atoms with Crippen molar-refractivity contribution in [3.63, 3.8) is 0 Å². The number of anilines is 2. The number of rotatable bonds is 8. The summed E-state index contributed by atoms with van der Waals surface area (Å²) in [5.41, 5.74) is 1.02. The smallest absolute Gasteiger partial charge is 0.295 e. The van der Waals surface area contributed by atoms with Crippen molar-refractivity contribution >= 4 is 27.3 Å². The van der Waals surface area contributed by atoms with Gasteiger partial charge in [0.05, 0.1) is 23.3 Å². The molecule has 0 radical (unpaired) electrons. The molecule has 0 spiro atoms. The van der Waals surface area contributed by atoms with E-state index in [9.17, 15) is 18.0 Å². The molecule has 0 aliphatic carbocycles. The van der Waals surface area contributed by atoms with Crippen LogP contribution in [0.15, 0.2) is 89.7 Å². The average Bonchev–Trinajstić information content (AvgIpc) is 3.06. The van der Waals surface area contributed by atoms with Crippen LogP contribution in [0.2, 0.25) is 0 Å². The van der Waals surface area contributed by atoms with Crippen LogP contribution in [0.4, 0.5) is 11.4 Å². The topological polar surface area (TPSA) is 103 Å². The average molecular weight is 507 g/mol. The van der Waals surface area contributed by atoms with Gasteiger partial charge in [0.1, 0.15) is 18.0 Å². The van der Waals surface area contributed by atoms with Crippen LogP contribution in [-0.2, 0) is 21.9 Å². The first-order chi connectivity index (χ1) is 17.2. The number of amides is 1. The molecule has 1 N–H and O–H groups in total. The Morgan fingerprint density at radius 1 is 0.944 bits per heavy atom. The number of ether oxygens (including phenoxy) is 1. The highest BCUT2D eigenvalue weighted by Crippen LogP contribution is 2.33. The van der Waals surface area contributed by atoms with Crippen molar-refractivity contribution in [2.24, 2.45) is 7.05 Å². The van der Waals surface area contributed by atoms with Gasteiger partial charge in [0, 0.05) is 7.05 Å². The van der Waals surface area contributed by atoms with Gasteiger partial charge in [0.2, 0.25) is 15.9 Å². The number of aromatic nitrogens is 2. The van der Waals surface area contributed by atoms with Crippen molar-refractivity contribution in [1.29, 1.82) is 0 Å². The van der Waals surface area contributed by atoms with Crippen molar-refractivity contribution in [1.82, 2.24) is 9.36 Å². The van der Waals surface area contributed by atoms with E-state index in [1.165, 1.54) is 4.68 Å². The van der Waals surface area contributed by atoms with E-state index in [0.29, 0.717) is 17.1 Å². The van der Waals surface area contributed by atoms with Crippen LogP contribution < -0.4 is 19.9 Å². The fraction of sp³-hybridized carbons (Fsp3) is 0.154. The zero-order chi connectivity index (χ0) is 25.9. The van der Waals surface area contributed by atoms with E-state index < -0.39 is 28.0 Å². The molecule has 186 valence electrons. The summed E-state index contributed by atoms with van der Waals surface area (Å²) in [6.07, 6.45) is 1.01. The van der Waals surface area contributed by atoms with Gasteiger partial charge in [0.25, 0.3) is 5.56 Å². The molecular formula is C26H26N4O5S. The number of sulfonamides is 1. The highest BCUT2D eigenvalue weighted by atomic mass is 32.2. The van der Waals surface area contributed by atoms with Crippen molar-refractivity contribution in [2.75, 3.05) is 22.4 Å². The lowest BCUT2D eigenvalue weighted by molar-refractivity contribution is -0.114. The Morgan fingerprint density at radius 3 is 2.17 bits per heavy atom. The van der Waals surface area contributed by atoms with E-state index in [1.807, 2.05) is 12.1 Å². The molecule has 1 amide bonds. The first-order valence-electron chi connectivity index (χ1n) is 11.1. The lowest BCUT2D eigenvalue weighted by atomic mass is 10.2. The Kier molecular flexibility index (Phi) is 6.98.